The third kappa shape index (κ3) is 10.8. The average molecular weight is 332 g/mol. The van der Waals surface area contributed by atoms with Gasteiger partial charge in [0.05, 0.1) is 0 Å². The van der Waals surface area contributed by atoms with Crippen LogP contribution in [-0.4, -0.2) is 25.7 Å². The number of rotatable bonds is 4. The van der Waals surface area contributed by atoms with E-state index in [0.717, 1.165) is 18.5 Å². The van der Waals surface area contributed by atoms with Crippen molar-refractivity contribution in [2.24, 2.45) is 5.92 Å². The predicted molar refractivity (Wildman–Crippen MR) is 64.4 cm³/mol. The third-order valence-electron chi connectivity index (χ3n) is 2.70. The molecule has 2 nitrogen and oxygen atoms in total. The molecule has 0 radical (unpaired) electrons. The Labute approximate surface area is 155 Å². The van der Waals surface area contributed by atoms with Gasteiger partial charge in [-0.15, -0.1) is 0 Å². The van der Waals surface area contributed by atoms with Crippen LogP contribution in [0.25, 0.3) is 0 Å². The summed E-state index contributed by atoms with van der Waals surface area (Å²) in [5.41, 5.74) is 0. The molecule has 1 fully saturated rings. The second-order valence-electron chi connectivity index (χ2n) is 4.53. The zero-order chi connectivity index (χ0) is 9.52. The van der Waals surface area contributed by atoms with E-state index in [4.69, 9.17) is 0 Å². The molecule has 3 heteroatoms. The second-order valence-corrected chi connectivity index (χ2v) is 4.53. The van der Waals surface area contributed by atoms with E-state index in [1.54, 1.807) is 0 Å². The van der Waals surface area contributed by atoms with Gasteiger partial charge in [0.15, 0.2) is 0 Å². The van der Waals surface area contributed by atoms with E-state index in [-0.39, 0.29) is 76.3 Å². The molecule has 1 atom stereocenters. The maximum Gasteiger partial charge on any atom is 1.00 e. The Kier molecular flexibility index (Phi) is 16.0. The van der Waals surface area contributed by atoms with Gasteiger partial charge in [-0.3, -0.25) is 0 Å². The van der Waals surface area contributed by atoms with Crippen LogP contribution < -0.4 is 79.5 Å². The van der Waals surface area contributed by atoms with E-state index in [2.05, 4.69) is 24.5 Å². The van der Waals surface area contributed by atoms with Gasteiger partial charge >= 0.3 is 68.9 Å². The minimum atomic E-state index is 0. The molecule has 2 N–H and O–H groups in total. The van der Waals surface area contributed by atoms with Crippen molar-refractivity contribution in [2.75, 3.05) is 19.6 Å². The fourth-order valence-electron chi connectivity index (χ4n) is 1.77. The summed E-state index contributed by atoms with van der Waals surface area (Å²) < 4.78 is 0. The molecule has 0 aromatic rings. The van der Waals surface area contributed by atoms with Gasteiger partial charge in [-0.25, -0.2) is 0 Å². The fraction of sp³-hybridized carbons (Fsp3) is 0.917. The van der Waals surface area contributed by atoms with E-state index in [1.165, 1.54) is 38.8 Å². The Morgan fingerprint density at radius 2 is 2.07 bits per heavy atom. The van der Waals surface area contributed by atoms with Crippen LogP contribution >= 0.6 is 0 Å². The van der Waals surface area contributed by atoms with Gasteiger partial charge in [0.2, 0.25) is 0 Å². The molecule has 0 aliphatic carbocycles. The molecular formula is C12H27CsN2. The quantitative estimate of drug-likeness (QED) is 0.660. The van der Waals surface area contributed by atoms with Gasteiger partial charge in [0, 0.05) is 12.6 Å². The molecule has 0 amide bonds. The molecule has 0 bridgehead atoms. The van der Waals surface area contributed by atoms with Crippen molar-refractivity contribution < 1.29 is 68.9 Å². The van der Waals surface area contributed by atoms with Crippen molar-refractivity contribution in [1.82, 2.24) is 10.6 Å². The first-order valence-electron chi connectivity index (χ1n) is 5.73. The van der Waals surface area contributed by atoms with Gasteiger partial charge in [-0.05, 0) is 38.3 Å². The minimum Gasteiger partial charge on any atom is -0.358 e. The van der Waals surface area contributed by atoms with Crippen LogP contribution in [0.2, 0.25) is 0 Å². The second kappa shape index (κ2) is 12.4. The molecule has 15 heavy (non-hydrogen) atoms. The molecule has 1 aliphatic rings. The largest absolute Gasteiger partial charge is 1.00 e. The molecular weight excluding hydrogens is 305 g/mol. The summed E-state index contributed by atoms with van der Waals surface area (Å²) in [5, 5.41) is 7.10. The van der Waals surface area contributed by atoms with E-state index < -0.39 is 0 Å². The van der Waals surface area contributed by atoms with Crippen LogP contribution in [0.15, 0.2) is 0 Å². The summed E-state index contributed by atoms with van der Waals surface area (Å²) >= 11 is 0. The number of hydrogen-bond donors (Lipinski definition) is 2. The molecule has 0 aromatic heterocycles. The van der Waals surface area contributed by atoms with Crippen molar-refractivity contribution in [3.63, 3.8) is 0 Å². The van der Waals surface area contributed by atoms with Crippen LogP contribution in [0.3, 0.4) is 0 Å². The summed E-state index contributed by atoms with van der Waals surface area (Å²) in [5.74, 6) is 0.825. The van der Waals surface area contributed by atoms with Crippen molar-refractivity contribution in [1.29, 1.82) is 0 Å². The van der Waals surface area contributed by atoms with Gasteiger partial charge in [-0.2, -0.15) is 0 Å². The van der Waals surface area contributed by atoms with Crippen molar-refractivity contribution in [3.05, 3.63) is 7.43 Å². The zero-order valence-corrected chi connectivity index (χ0v) is 17.4. The molecule has 0 aromatic carbocycles. The first-order valence-corrected chi connectivity index (χ1v) is 5.73. The van der Waals surface area contributed by atoms with Crippen molar-refractivity contribution >= 4 is 0 Å². The minimum absolute atomic E-state index is 0. The summed E-state index contributed by atoms with van der Waals surface area (Å²) in [7, 11) is 0. The fourth-order valence-corrected chi connectivity index (χ4v) is 1.77. The Bertz CT molecular complexity index is 121. The van der Waals surface area contributed by atoms with Crippen molar-refractivity contribution in [2.45, 2.75) is 45.6 Å². The smallest absolute Gasteiger partial charge is 0.358 e. The molecule has 0 saturated carbocycles. The maximum absolute atomic E-state index is 3.63. The average Bonchev–Trinajstić information content (AvgIpc) is 2.32. The third-order valence-corrected chi connectivity index (χ3v) is 2.70. The van der Waals surface area contributed by atoms with Gasteiger partial charge in [0.1, 0.15) is 0 Å². The van der Waals surface area contributed by atoms with Crippen LogP contribution in [-0.2, 0) is 0 Å². The SMILES string of the molecule is CC(C)CCNC1CCCCNC1.[CH3-].[Cs+]. The topological polar surface area (TPSA) is 24.1 Å². The van der Waals surface area contributed by atoms with Gasteiger partial charge in [-0.1, -0.05) is 20.3 Å². The van der Waals surface area contributed by atoms with Crippen molar-refractivity contribution in [3.8, 4) is 0 Å². The Morgan fingerprint density at radius 3 is 2.73 bits per heavy atom. The predicted octanol–water partition coefficient (Wildman–Crippen LogP) is -0.782. The molecule has 0 spiro atoms. The van der Waals surface area contributed by atoms with E-state index in [0.29, 0.717) is 0 Å². The number of nitrogens with one attached hydrogen (secondary N) is 2. The van der Waals surface area contributed by atoms with Gasteiger partial charge in [0.25, 0.3) is 0 Å². The summed E-state index contributed by atoms with van der Waals surface area (Å²) in [6.07, 6.45) is 5.39. The normalized spacial score (nSPS) is 21.4. The Morgan fingerprint density at radius 1 is 1.33 bits per heavy atom. The summed E-state index contributed by atoms with van der Waals surface area (Å²) in [6, 6.07) is 0.723. The zero-order valence-electron chi connectivity index (χ0n) is 11.1. The van der Waals surface area contributed by atoms with E-state index in [9.17, 15) is 0 Å². The first kappa shape index (κ1) is 19.3. The molecule has 86 valence electrons. The van der Waals surface area contributed by atoms with Crippen LogP contribution in [0.4, 0.5) is 0 Å². The first-order chi connectivity index (χ1) is 6.29. The Hall–Kier alpha value is 1.97. The molecule has 1 heterocycles. The van der Waals surface area contributed by atoms with Gasteiger partial charge < -0.3 is 18.1 Å². The monoisotopic (exact) mass is 332 g/mol. The summed E-state index contributed by atoms with van der Waals surface area (Å²) in [4.78, 5) is 0. The van der Waals surface area contributed by atoms with Crippen LogP contribution in [0.5, 0.6) is 0 Å². The van der Waals surface area contributed by atoms with Crippen LogP contribution in [0.1, 0.15) is 39.5 Å². The molecule has 1 unspecified atom stereocenters. The molecule has 1 aliphatic heterocycles. The van der Waals surface area contributed by atoms with E-state index >= 15 is 0 Å². The van der Waals surface area contributed by atoms with E-state index in [1.807, 2.05) is 0 Å². The number of hydrogen-bond acceptors (Lipinski definition) is 2. The molecule has 1 rings (SSSR count). The maximum atomic E-state index is 3.63. The molecule has 1 saturated heterocycles. The summed E-state index contributed by atoms with van der Waals surface area (Å²) in [6.45, 7) is 8.13. The standard InChI is InChI=1S/C11H24N2.CH3.Cs/c1-10(2)6-8-13-11-5-3-4-7-12-9-11;;/h10-13H,3-9H2,1-2H3;1H3;/q;-1;+1. The Balaban J connectivity index is 0. The van der Waals surface area contributed by atoms with Crippen LogP contribution in [0, 0.1) is 13.3 Å².